The van der Waals surface area contributed by atoms with Crippen LogP contribution in [0.4, 0.5) is 4.79 Å². The summed E-state index contributed by atoms with van der Waals surface area (Å²) in [6.45, 7) is 0.270. The van der Waals surface area contributed by atoms with Crippen LogP contribution in [0.2, 0.25) is 5.15 Å². The number of carbonyl (C=O) groups excluding carboxylic acids is 2. The summed E-state index contributed by atoms with van der Waals surface area (Å²) in [7, 11) is 1.59. The van der Waals surface area contributed by atoms with E-state index in [0.29, 0.717) is 12.2 Å². The molecular formula is C32H29ClN4O5. The van der Waals surface area contributed by atoms with Crippen molar-refractivity contribution >= 4 is 23.6 Å². The molecule has 2 aliphatic rings. The van der Waals surface area contributed by atoms with E-state index in [-0.39, 0.29) is 36.5 Å². The van der Waals surface area contributed by atoms with Crippen molar-refractivity contribution in [1.82, 2.24) is 20.2 Å². The molecule has 0 fully saturated rings. The van der Waals surface area contributed by atoms with Gasteiger partial charge >= 0.3 is 6.09 Å². The van der Waals surface area contributed by atoms with Crippen LogP contribution < -0.4 is 10.1 Å². The SMILES string of the molecule is COc1ccc2c(c1)CN(C(=O)OCC1c3ccccc3-c3ccccc31)[C@H]([C@H](O)CNC(=O)c1cc(Cl)ncn1)C2. The molecule has 0 unspecified atom stereocenters. The average molecular weight is 585 g/mol. The summed E-state index contributed by atoms with van der Waals surface area (Å²) in [5, 5.41) is 14.1. The summed E-state index contributed by atoms with van der Waals surface area (Å²) in [5.41, 5.74) is 6.48. The van der Waals surface area contributed by atoms with Gasteiger partial charge in [-0.05, 0) is 51.9 Å². The molecule has 6 rings (SSSR count). The highest BCUT2D eigenvalue weighted by atomic mass is 35.5. The van der Waals surface area contributed by atoms with E-state index in [4.69, 9.17) is 21.1 Å². The first-order valence-electron chi connectivity index (χ1n) is 13.6. The Bertz CT molecular complexity index is 1600. The Balaban J connectivity index is 1.21. The van der Waals surface area contributed by atoms with Gasteiger partial charge in [0, 0.05) is 25.1 Å². The van der Waals surface area contributed by atoms with Gasteiger partial charge < -0.3 is 19.9 Å². The second kappa shape index (κ2) is 11.8. The summed E-state index contributed by atoms with van der Waals surface area (Å²) in [4.78, 5) is 35.6. The van der Waals surface area contributed by atoms with Gasteiger partial charge in [0.25, 0.3) is 5.91 Å². The number of aromatic nitrogens is 2. The van der Waals surface area contributed by atoms with Gasteiger partial charge in [-0.1, -0.05) is 66.2 Å². The number of nitrogens with zero attached hydrogens (tertiary/aromatic N) is 3. The maximum atomic E-state index is 13.7. The molecule has 0 bridgehead atoms. The van der Waals surface area contributed by atoms with Gasteiger partial charge in [-0.25, -0.2) is 14.8 Å². The summed E-state index contributed by atoms with van der Waals surface area (Å²) < 4.78 is 11.4. The fourth-order valence-electron chi connectivity index (χ4n) is 5.81. The van der Waals surface area contributed by atoms with E-state index >= 15 is 0 Å². The Morgan fingerprint density at radius 2 is 1.74 bits per heavy atom. The molecule has 9 nitrogen and oxygen atoms in total. The number of aliphatic hydroxyl groups excluding tert-OH is 1. The van der Waals surface area contributed by atoms with Crippen molar-refractivity contribution in [3.05, 3.63) is 112 Å². The van der Waals surface area contributed by atoms with Gasteiger partial charge in [-0.2, -0.15) is 0 Å². The standard InChI is InChI=1S/C32H29ClN4O5/c1-41-21-11-10-19-13-28(29(38)15-34-31(39)27-14-30(33)36-18-35-27)37(16-20(19)12-21)32(40)42-17-26-24-8-4-2-6-22(24)23-7-3-5-9-25(23)26/h2-12,14,18,26,28-29,38H,13,15-17H2,1H3,(H,34,39)/t28-,29+/m0/s1. The van der Waals surface area contributed by atoms with Crippen molar-refractivity contribution in [3.63, 3.8) is 0 Å². The zero-order valence-corrected chi connectivity index (χ0v) is 23.6. The van der Waals surface area contributed by atoms with Crippen molar-refractivity contribution in [2.75, 3.05) is 20.3 Å². The fraction of sp³-hybridized carbons (Fsp3) is 0.250. The maximum Gasteiger partial charge on any atom is 0.410 e. The van der Waals surface area contributed by atoms with Crippen LogP contribution >= 0.6 is 11.6 Å². The van der Waals surface area contributed by atoms with Crippen molar-refractivity contribution in [3.8, 4) is 16.9 Å². The number of aliphatic hydroxyl groups is 1. The van der Waals surface area contributed by atoms with Crippen molar-refractivity contribution in [1.29, 1.82) is 0 Å². The summed E-state index contributed by atoms with van der Waals surface area (Å²) in [6, 6.07) is 22.7. The van der Waals surface area contributed by atoms with Crippen LogP contribution in [0.1, 0.15) is 38.7 Å². The van der Waals surface area contributed by atoms with Gasteiger partial charge in [0.1, 0.15) is 29.5 Å². The lowest BCUT2D eigenvalue weighted by Crippen LogP contribution is -2.53. The van der Waals surface area contributed by atoms with E-state index in [9.17, 15) is 14.7 Å². The van der Waals surface area contributed by atoms with E-state index in [1.807, 2.05) is 42.5 Å². The number of fused-ring (bicyclic) bond motifs is 4. The summed E-state index contributed by atoms with van der Waals surface area (Å²) >= 11 is 5.88. The molecule has 10 heteroatoms. The van der Waals surface area contributed by atoms with Crippen LogP contribution in [0.5, 0.6) is 5.75 Å². The number of amides is 2. The monoisotopic (exact) mass is 584 g/mol. The molecule has 2 N–H and O–H groups in total. The largest absolute Gasteiger partial charge is 0.497 e. The quantitative estimate of drug-likeness (QED) is 0.305. The highest BCUT2D eigenvalue weighted by Crippen LogP contribution is 2.44. The Hall–Kier alpha value is -4.47. The van der Waals surface area contributed by atoms with E-state index in [1.54, 1.807) is 7.11 Å². The molecule has 0 saturated heterocycles. The number of ether oxygens (including phenoxy) is 2. The number of hydrogen-bond donors (Lipinski definition) is 2. The third-order valence-electron chi connectivity index (χ3n) is 7.94. The number of carbonyl (C=O) groups is 2. The minimum atomic E-state index is -1.08. The van der Waals surface area contributed by atoms with E-state index in [1.165, 1.54) is 17.3 Å². The first-order chi connectivity index (χ1) is 20.4. The molecule has 3 aromatic carbocycles. The predicted molar refractivity (Wildman–Crippen MR) is 156 cm³/mol. The Kier molecular flexibility index (Phi) is 7.78. The molecule has 1 aromatic heterocycles. The lowest BCUT2D eigenvalue weighted by Gasteiger charge is -2.39. The molecule has 214 valence electrons. The van der Waals surface area contributed by atoms with Crippen LogP contribution in [-0.2, 0) is 17.7 Å². The van der Waals surface area contributed by atoms with Crippen molar-refractivity contribution in [2.45, 2.75) is 31.0 Å². The lowest BCUT2D eigenvalue weighted by atomic mass is 9.91. The number of methoxy groups -OCH3 is 1. The first-order valence-corrected chi connectivity index (χ1v) is 14.0. The Morgan fingerprint density at radius 1 is 1.02 bits per heavy atom. The molecule has 42 heavy (non-hydrogen) atoms. The minimum absolute atomic E-state index is 0.0803. The zero-order chi connectivity index (χ0) is 29.2. The fourth-order valence-corrected chi connectivity index (χ4v) is 5.96. The molecule has 2 heterocycles. The van der Waals surface area contributed by atoms with E-state index < -0.39 is 24.1 Å². The topological polar surface area (TPSA) is 114 Å². The number of rotatable bonds is 7. The van der Waals surface area contributed by atoms with E-state index in [2.05, 4.69) is 39.6 Å². The number of hydrogen-bond acceptors (Lipinski definition) is 7. The van der Waals surface area contributed by atoms with Crippen LogP contribution in [0.15, 0.2) is 79.1 Å². The van der Waals surface area contributed by atoms with Crippen molar-refractivity contribution in [2.24, 2.45) is 0 Å². The average Bonchev–Trinajstić information content (AvgIpc) is 3.34. The third kappa shape index (κ3) is 5.41. The highest BCUT2D eigenvalue weighted by Gasteiger charge is 2.37. The smallest absolute Gasteiger partial charge is 0.410 e. The first kappa shape index (κ1) is 27.7. The van der Waals surface area contributed by atoms with Gasteiger partial charge in [0.15, 0.2) is 0 Å². The van der Waals surface area contributed by atoms with Gasteiger partial charge in [-0.3, -0.25) is 9.69 Å². The molecule has 0 saturated carbocycles. The molecule has 2 atom stereocenters. The predicted octanol–water partition coefficient (Wildman–Crippen LogP) is 4.61. The number of halogens is 1. The molecule has 1 aliphatic heterocycles. The second-order valence-corrected chi connectivity index (χ2v) is 10.7. The molecule has 0 radical (unpaired) electrons. The van der Waals surface area contributed by atoms with Gasteiger partial charge in [-0.15, -0.1) is 0 Å². The molecule has 2 amide bonds. The summed E-state index contributed by atoms with van der Waals surface area (Å²) in [6.07, 6.45) is -0.0519. The van der Waals surface area contributed by atoms with Crippen LogP contribution in [-0.4, -0.2) is 64.4 Å². The lowest BCUT2D eigenvalue weighted by molar-refractivity contribution is 0.0239. The molecule has 0 spiro atoms. The van der Waals surface area contributed by atoms with Crippen LogP contribution in [0.25, 0.3) is 11.1 Å². The van der Waals surface area contributed by atoms with E-state index in [0.717, 1.165) is 33.4 Å². The second-order valence-electron chi connectivity index (χ2n) is 10.3. The van der Waals surface area contributed by atoms with Crippen LogP contribution in [0, 0.1) is 0 Å². The van der Waals surface area contributed by atoms with Crippen molar-refractivity contribution < 1.29 is 24.2 Å². The minimum Gasteiger partial charge on any atom is -0.497 e. The van der Waals surface area contributed by atoms with Gasteiger partial charge in [0.05, 0.1) is 19.3 Å². The highest BCUT2D eigenvalue weighted by molar-refractivity contribution is 6.29. The number of nitrogens with one attached hydrogen (secondary N) is 1. The Morgan fingerprint density at radius 3 is 2.43 bits per heavy atom. The normalized spacial score (nSPS) is 16.2. The molecular weight excluding hydrogens is 556 g/mol. The van der Waals surface area contributed by atoms with Gasteiger partial charge in [0.2, 0.25) is 0 Å². The summed E-state index contributed by atoms with van der Waals surface area (Å²) in [5.74, 6) is 0.0730. The maximum absolute atomic E-state index is 13.7. The number of benzene rings is 3. The molecule has 4 aromatic rings. The third-order valence-corrected chi connectivity index (χ3v) is 8.14. The Labute approximate surface area is 248 Å². The molecule has 1 aliphatic carbocycles. The van der Waals surface area contributed by atoms with Crippen LogP contribution in [0.3, 0.4) is 0 Å². The zero-order valence-electron chi connectivity index (χ0n) is 22.9.